The van der Waals surface area contributed by atoms with Gasteiger partial charge in [0.1, 0.15) is 0 Å². The number of thioether (sulfide) groups is 1. The predicted octanol–water partition coefficient (Wildman–Crippen LogP) is 3.68. The zero-order chi connectivity index (χ0) is 22.2. The van der Waals surface area contributed by atoms with E-state index < -0.39 is 0 Å². The summed E-state index contributed by atoms with van der Waals surface area (Å²) in [7, 11) is 0. The average molecular weight is 572 g/mol. The summed E-state index contributed by atoms with van der Waals surface area (Å²) in [5, 5.41) is 9.74. The van der Waals surface area contributed by atoms with Crippen LogP contribution in [0.1, 0.15) is 6.42 Å². The van der Waals surface area contributed by atoms with E-state index in [4.69, 9.17) is 5.10 Å². The zero-order valence-corrected chi connectivity index (χ0v) is 23.3. The number of para-hydroxylation sites is 2. The summed E-state index contributed by atoms with van der Waals surface area (Å²) in [5.41, 5.74) is 2.23. The van der Waals surface area contributed by atoms with Crippen LogP contribution < -0.4 is 10.2 Å². The van der Waals surface area contributed by atoms with Gasteiger partial charge in [-0.05, 0) is 30.7 Å². The van der Waals surface area contributed by atoms with Crippen molar-refractivity contribution in [2.24, 2.45) is 0 Å². The van der Waals surface area contributed by atoms with Crippen molar-refractivity contribution in [1.29, 1.82) is 0 Å². The maximum atomic E-state index is 12.8. The van der Waals surface area contributed by atoms with Crippen molar-refractivity contribution in [2.45, 2.75) is 18.5 Å². The number of rotatable bonds is 4. The fraction of sp³-hybridized carbons (Fsp3) is 0.440. The lowest BCUT2D eigenvalue weighted by Gasteiger charge is -2.38. The normalized spacial score (nSPS) is 22.1. The third kappa shape index (κ3) is 5.59. The Morgan fingerprint density at radius 1 is 0.917 bits per heavy atom. The molecule has 1 N–H and O–H groups in total. The van der Waals surface area contributed by atoms with Crippen LogP contribution in [0.25, 0.3) is 16.6 Å². The van der Waals surface area contributed by atoms with Gasteiger partial charge in [-0.15, -0.1) is 54.1 Å². The molecule has 196 valence electrons. The number of aromatic nitrogens is 2. The molecule has 3 saturated heterocycles. The average Bonchev–Trinajstić information content (AvgIpc) is 3.64. The van der Waals surface area contributed by atoms with Gasteiger partial charge in [0, 0.05) is 56.4 Å². The molecule has 0 aliphatic carbocycles. The molecule has 2 atom stereocenters. The molecule has 4 heterocycles. The first kappa shape index (κ1) is 28.9. The number of nitrogens with zero attached hydrogens (tertiary/aromatic N) is 5. The van der Waals surface area contributed by atoms with E-state index in [-0.39, 0.29) is 43.3 Å². The second-order valence-corrected chi connectivity index (χ2v) is 10.2. The maximum absolute atomic E-state index is 12.8. The Kier molecular flexibility index (Phi) is 10.2. The molecule has 3 fully saturated rings. The number of anilines is 1. The number of nitrogens with one attached hydrogen (secondary N) is 1. The number of benzene rings is 2. The summed E-state index contributed by atoms with van der Waals surface area (Å²) in [6, 6.07) is 19.3. The van der Waals surface area contributed by atoms with Crippen molar-refractivity contribution in [3.05, 3.63) is 54.6 Å². The van der Waals surface area contributed by atoms with E-state index in [2.05, 4.69) is 68.3 Å². The van der Waals surface area contributed by atoms with Gasteiger partial charge in [-0.3, -0.25) is 9.69 Å². The second kappa shape index (κ2) is 12.7. The van der Waals surface area contributed by atoms with Crippen LogP contribution in [-0.2, 0) is 4.79 Å². The lowest BCUT2D eigenvalue weighted by Crippen LogP contribution is -2.51. The fourth-order valence-corrected chi connectivity index (χ4v) is 6.30. The van der Waals surface area contributed by atoms with Crippen LogP contribution in [0.3, 0.4) is 0 Å². The molecule has 3 aromatic rings. The molecule has 0 saturated carbocycles. The molecule has 3 aliphatic rings. The van der Waals surface area contributed by atoms with E-state index in [0.29, 0.717) is 11.9 Å². The molecule has 2 aromatic carbocycles. The van der Waals surface area contributed by atoms with Crippen LogP contribution >= 0.6 is 49.0 Å². The van der Waals surface area contributed by atoms with Gasteiger partial charge in [-0.1, -0.05) is 30.3 Å². The van der Waals surface area contributed by atoms with Crippen molar-refractivity contribution >= 4 is 71.6 Å². The summed E-state index contributed by atoms with van der Waals surface area (Å²) in [5.74, 6) is 3.28. The Labute approximate surface area is 235 Å². The monoisotopic (exact) mass is 570 g/mol. The quantitative estimate of drug-likeness (QED) is 0.516. The van der Waals surface area contributed by atoms with Crippen molar-refractivity contribution in [3.63, 3.8) is 0 Å². The number of fused-ring (bicyclic) bond motifs is 1. The van der Waals surface area contributed by atoms with E-state index in [1.165, 1.54) is 5.39 Å². The first-order valence-corrected chi connectivity index (χ1v) is 13.1. The fourth-order valence-electron chi connectivity index (χ4n) is 5.34. The molecule has 7 nitrogen and oxygen atoms in total. The van der Waals surface area contributed by atoms with Gasteiger partial charge in [-0.2, -0.15) is 0 Å². The Hall–Kier alpha value is -1.68. The van der Waals surface area contributed by atoms with Crippen LogP contribution in [0.2, 0.25) is 0 Å². The van der Waals surface area contributed by atoms with Gasteiger partial charge in [0.05, 0.1) is 23.1 Å². The Balaban J connectivity index is 0.00000120. The molecular formula is C25H33Cl3N6OS. The number of piperazine rings is 1. The molecule has 1 aromatic heterocycles. The van der Waals surface area contributed by atoms with Gasteiger partial charge in [0.15, 0.2) is 5.82 Å². The highest BCUT2D eigenvalue weighted by Gasteiger charge is 2.37. The largest absolute Gasteiger partial charge is 0.352 e. The summed E-state index contributed by atoms with van der Waals surface area (Å²) in [6.07, 6.45) is 0.922. The minimum atomic E-state index is -0.0164. The summed E-state index contributed by atoms with van der Waals surface area (Å²) in [6.45, 7) is 5.71. The van der Waals surface area contributed by atoms with Crippen molar-refractivity contribution < 1.29 is 4.79 Å². The molecule has 0 spiro atoms. The highest BCUT2D eigenvalue weighted by Crippen LogP contribution is 2.30. The first-order valence-electron chi connectivity index (χ1n) is 11.9. The number of carbonyl (C=O) groups excluding carboxylic acids is 1. The van der Waals surface area contributed by atoms with Gasteiger partial charge in [-0.25, -0.2) is 4.68 Å². The van der Waals surface area contributed by atoms with Crippen molar-refractivity contribution in [1.82, 2.24) is 24.9 Å². The molecule has 0 unspecified atom stereocenters. The summed E-state index contributed by atoms with van der Waals surface area (Å²) < 4.78 is 2.06. The molecular weight excluding hydrogens is 539 g/mol. The van der Waals surface area contributed by atoms with Gasteiger partial charge in [0.2, 0.25) is 5.91 Å². The predicted molar refractivity (Wildman–Crippen MR) is 156 cm³/mol. The molecule has 11 heteroatoms. The minimum Gasteiger partial charge on any atom is -0.352 e. The SMILES string of the molecule is Cl.Cl.Cl.O=C([C@@H]1C[C@H](N2CCN(c3nn(-c4ccccc4)c4ccccc34)CC2)CN1)N1CCSC1. The Morgan fingerprint density at radius 2 is 1.64 bits per heavy atom. The highest BCUT2D eigenvalue weighted by molar-refractivity contribution is 7.99. The molecule has 0 bridgehead atoms. The molecule has 3 aliphatic heterocycles. The standard InChI is InChI=1S/C25H30N6OS.3ClH/c32-25(30-14-15-33-18-30)22-16-20(17-26-22)28-10-12-29(13-11-28)24-21-8-4-5-9-23(21)31(27-24)19-6-2-1-3-7-19;;;/h1-9,20,22,26H,10-18H2;3*1H/t20-,22-;;;/m0.../s1. The Bertz CT molecular complexity index is 1140. The highest BCUT2D eigenvalue weighted by atomic mass is 35.5. The van der Waals surface area contributed by atoms with E-state index >= 15 is 0 Å². The third-order valence-corrected chi connectivity index (χ3v) is 8.13. The topological polar surface area (TPSA) is 56.6 Å². The maximum Gasteiger partial charge on any atom is 0.240 e. The smallest absolute Gasteiger partial charge is 0.240 e. The molecule has 0 radical (unpaired) electrons. The minimum absolute atomic E-state index is 0. The lowest BCUT2D eigenvalue weighted by atomic mass is 10.1. The van der Waals surface area contributed by atoms with Crippen LogP contribution in [0.4, 0.5) is 5.82 Å². The Morgan fingerprint density at radius 3 is 2.36 bits per heavy atom. The van der Waals surface area contributed by atoms with Crippen LogP contribution in [0.5, 0.6) is 0 Å². The van der Waals surface area contributed by atoms with Crippen LogP contribution in [0.15, 0.2) is 54.6 Å². The van der Waals surface area contributed by atoms with Crippen molar-refractivity contribution in [2.75, 3.05) is 55.8 Å². The van der Waals surface area contributed by atoms with E-state index in [1.54, 1.807) is 0 Å². The molecule has 6 rings (SSSR count). The number of amides is 1. The molecule has 1 amide bonds. The van der Waals surface area contributed by atoms with Gasteiger partial charge in [0.25, 0.3) is 0 Å². The van der Waals surface area contributed by atoms with Gasteiger partial charge < -0.3 is 15.1 Å². The van der Waals surface area contributed by atoms with Crippen LogP contribution in [-0.4, -0.2) is 88.5 Å². The number of halogens is 3. The lowest BCUT2D eigenvalue weighted by molar-refractivity contribution is -0.131. The summed E-state index contributed by atoms with van der Waals surface area (Å²) in [4.78, 5) is 19.8. The molecule has 36 heavy (non-hydrogen) atoms. The van der Waals surface area contributed by atoms with E-state index in [0.717, 1.165) is 74.3 Å². The zero-order valence-electron chi connectivity index (χ0n) is 20.0. The van der Waals surface area contributed by atoms with Crippen molar-refractivity contribution in [3.8, 4) is 5.69 Å². The number of carbonyl (C=O) groups is 1. The third-order valence-electron chi connectivity index (χ3n) is 7.17. The van der Waals surface area contributed by atoms with Gasteiger partial charge >= 0.3 is 0 Å². The number of hydrogen-bond donors (Lipinski definition) is 1. The number of hydrogen-bond acceptors (Lipinski definition) is 6. The first-order chi connectivity index (χ1) is 16.3. The van der Waals surface area contributed by atoms with E-state index in [9.17, 15) is 4.79 Å². The summed E-state index contributed by atoms with van der Waals surface area (Å²) >= 11 is 1.85. The van der Waals surface area contributed by atoms with E-state index in [1.807, 2.05) is 22.7 Å². The van der Waals surface area contributed by atoms with Crippen LogP contribution in [0, 0.1) is 0 Å². The second-order valence-electron chi connectivity index (χ2n) is 9.10.